The van der Waals surface area contributed by atoms with Gasteiger partial charge in [-0.05, 0) is 25.1 Å². The van der Waals surface area contributed by atoms with E-state index in [-0.39, 0.29) is 0 Å². The van der Waals surface area contributed by atoms with Gasteiger partial charge in [-0.15, -0.1) is 0 Å². The Kier molecular flexibility index (Phi) is 5.05. The van der Waals surface area contributed by atoms with Crippen LogP contribution in [-0.4, -0.2) is 24.7 Å². The van der Waals surface area contributed by atoms with Crippen molar-refractivity contribution in [3.05, 3.63) is 48.8 Å². The van der Waals surface area contributed by atoms with Crippen LogP contribution in [0.1, 0.15) is 6.92 Å². The normalized spacial score (nSPS) is 9.95. The van der Waals surface area contributed by atoms with Gasteiger partial charge in [0.05, 0.1) is 23.8 Å². The molecule has 0 bridgehead atoms. The summed E-state index contributed by atoms with van der Waals surface area (Å²) in [5.41, 5.74) is 2.02. The van der Waals surface area contributed by atoms with Crippen molar-refractivity contribution in [3.8, 4) is 5.75 Å². The van der Waals surface area contributed by atoms with Gasteiger partial charge in [-0.25, -0.2) is 0 Å². The number of ether oxygens (including phenoxy) is 1. The molecule has 0 saturated heterocycles. The van der Waals surface area contributed by atoms with Crippen LogP contribution in [0.4, 0.5) is 11.4 Å². The molecule has 0 radical (unpaired) electrons. The van der Waals surface area contributed by atoms with Crippen molar-refractivity contribution in [2.24, 2.45) is 0 Å². The fourth-order valence-electron chi connectivity index (χ4n) is 1.72. The molecule has 0 saturated carbocycles. The quantitative estimate of drug-likeness (QED) is 0.748. The van der Waals surface area contributed by atoms with E-state index >= 15 is 0 Å². The van der Waals surface area contributed by atoms with Gasteiger partial charge >= 0.3 is 0 Å². The number of hydrogen-bond acceptors (Lipinski definition) is 4. The van der Waals surface area contributed by atoms with E-state index in [4.69, 9.17) is 4.74 Å². The average molecular weight is 257 g/mol. The van der Waals surface area contributed by atoms with Crippen molar-refractivity contribution in [2.75, 3.05) is 30.3 Å². The zero-order valence-electron chi connectivity index (χ0n) is 11.1. The van der Waals surface area contributed by atoms with Gasteiger partial charge in [-0.1, -0.05) is 18.2 Å². The Hall–Kier alpha value is -2.23. The maximum atomic E-state index is 5.61. The molecule has 2 rings (SSSR count). The third-order valence-electron chi connectivity index (χ3n) is 2.56. The van der Waals surface area contributed by atoms with E-state index in [0.29, 0.717) is 6.61 Å². The van der Waals surface area contributed by atoms with Crippen molar-refractivity contribution >= 4 is 11.4 Å². The molecule has 2 N–H and O–H groups in total. The molecule has 2 aromatic rings. The number of hydrogen-bond donors (Lipinski definition) is 2. The average Bonchev–Trinajstić information content (AvgIpc) is 2.46. The summed E-state index contributed by atoms with van der Waals surface area (Å²) in [7, 11) is 0. The number of nitrogens with one attached hydrogen (secondary N) is 2. The molecule has 1 aromatic heterocycles. The molecule has 4 nitrogen and oxygen atoms in total. The summed E-state index contributed by atoms with van der Waals surface area (Å²) in [5.74, 6) is 0.892. The summed E-state index contributed by atoms with van der Waals surface area (Å²) >= 11 is 0. The fourth-order valence-corrected chi connectivity index (χ4v) is 1.72. The van der Waals surface area contributed by atoms with Crippen LogP contribution in [0.25, 0.3) is 0 Å². The highest BCUT2D eigenvalue weighted by molar-refractivity contribution is 5.53. The Morgan fingerprint density at radius 2 is 1.79 bits per heavy atom. The van der Waals surface area contributed by atoms with Crippen LogP contribution in [-0.2, 0) is 0 Å². The molecular formula is C15H19N3O. The van der Waals surface area contributed by atoms with E-state index in [1.165, 1.54) is 0 Å². The molecule has 1 aromatic carbocycles. The molecule has 0 amide bonds. The second-order valence-corrected chi connectivity index (χ2v) is 4.08. The zero-order chi connectivity index (χ0) is 13.3. The minimum absolute atomic E-state index is 0.620. The van der Waals surface area contributed by atoms with E-state index in [1.54, 1.807) is 0 Å². The van der Waals surface area contributed by atoms with E-state index < -0.39 is 0 Å². The fraction of sp³-hybridized carbons (Fsp3) is 0.267. The Morgan fingerprint density at radius 3 is 2.53 bits per heavy atom. The smallest absolute Gasteiger partial charge is 0.119 e. The van der Waals surface area contributed by atoms with Gasteiger partial charge in [0.25, 0.3) is 0 Å². The number of anilines is 2. The van der Waals surface area contributed by atoms with Gasteiger partial charge in [0.1, 0.15) is 12.4 Å². The molecule has 0 aliphatic heterocycles. The Labute approximate surface area is 113 Å². The van der Waals surface area contributed by atoms with Crippen LogP contribution in [0.5, 0.6) is 5.75 Å². The van der Waals surface area contributed by atoms with Crippen molar-refractivity contribution in [3.63, 3.8) is 0 Å². The first kappa shape index (κ1) is 13.2. The molecule has 0 aliphatic carbocycles. The molecule has 0 spiro atoms. The SMILES string of the molecule is CCNc1cncc(NCCOc2ccccc2)c1. The summed E-state index contributed by atoms with van der Waals surface area (Å²) in [4.78, 5) is 4.17. The lowest BCUT2D eigenvalue weighted by molar-refractivity contribution is 0.333. The number of para-hydroxylation sites is 1. The lowest BCUT2D eigenvalue weighted by Gasteiger charge is -2.09. The Balaban J connectivity index is 1.75. The minimum Gasteiger partial charge on any atom is -0.492 e. The number of nitrogens with zero attached hydrogens (tertiary/aromatic N) is 1. The molecule has 0 aliphatic rings. The first-order valence-electron chi connectivity index (χ1n) is 6.49. The molecule has 0 unspecified atom stereocenters. The molecule has 1 heterocycles. The summed E-state index contributed by atoms with van der Waals surface area (Å²) in [6.07, 6.45) is 3.62. The van der Waals surface area contributed by atoms with Crippen LogP contribution in [0.3, 0.4) is 0 Å². The molecule has 4 heteroatoms. The van der Waals surface area contributed by atoms with Crippen molar-refractivity contribution < 1.29 is 4.74 Å². The molecule has 0 fully saturated rings. The Morgan fingerprint density at radius 1 is 1.05 bits per heavy atom. The Bertz CT molecular complexity index is 488. The van der Waals surface area contributed by atoms with Crippen LogP contribution in [0.15, 0.2) is 48.8 Å². The highest BCUT2D eigenvalue weighted by atomic mass is 16.5. The maximum Gasteiger partial charge on any atom is 0.119 e. The monoisotopic (exact) mass is 257 g/mol. The van der Waals surface area contributed by atoms with Gasteiger partial charge < -0.3 is 15.4 Å². The minimum atomic E-state index is 0.620. The first-order chi connectivity index (χ1) is 9.38. The van der Waals surface area contributed by atoms with Crippen molar-refractivity contribution in [1.29, 1.82) is 0 Å². The summed E-state index contributed by atoms with van der Waals surface area (Å²) < 4.78 is 5.61. The summed E-state index contributed by atoms with van der Waals surface area (Å²) in [5, 5.41) is 6.52. The highest BCUT2D eigenvalue weighted by Gasteiger charge is 1.96. The summed E-state index contributed by atoms with van der Waals surface area (Å²) in [6.45, 7) is 4.32. The molecule has 19 heavy (non-hydrogen) atoms. The van der Waals surface area contributed by atoms with Gasteiger partial charge in [0, 0.05) is 13.1 Å². The van der Waals surface area contributed by atoms with E-state index in [1.807, 2.05) is 48.8 Å². The van der Waals surface area contributed by atoms with Crippen LogP contribution in [0, 0.1) is 0 Å². The second kappa shape index (κ2) is 7.26. The van der Waals surface area contributed by atoms with Crippen molar-refractivity contribution in [2.45, 2.75) is 6.92 Å². The van der Waals surface area contributed by atoms with Crippen LogP contribution >= 0.6 is 0 Å². The number of pyridine rings is 1. The number of aromatic nitrogens is 1. The molecule has 100 valence electrons. The van der Waals surface area contributed by atoms with E-state index in [0.717, 1.165) is 30.2 Å². The third kappa shape index (κ3) is 4.50. The largest absolute Gasteiger partial charge is 0.492 e. The summed E-state index contributed by atoms with van der Waals surface area (Å²) in [6, 6.07) is 11.8. The third-order valence-corrected chi connectivity index (χ3v) is 2.56. The number of rotatable bonds is 7. The van der Waals surface area contributed by atoms with Gasteiger partial charge in [0.2, 0.25) is 0 Å². The first-order valence-corrected chi connectivity index (χ1v) is 6.49. The van der Waals surface area contributed by atoms with Gasteiger partial charge in [-0.3, -0.25) is 4.98 Å². The molecule has 0 atom stereocenters. The van der Waals surface area contributed by atoms with Gasteiger partial charge in [0.15, 0.2) is 0 Å². The standard InChI is InChI=1S/C15H19N3O/c1-2-17-13-10-14(12-16-11-13)18-8-9-19-15-6-4-3-5-7-15/h3-7,10-12,17-18H,2,8-9H2,1H3. The number of benzene rings is 1. The van der Waals surface area contributed by atoms with E-state index in [9.17, 15) is 0 Å². The molecular weight excluding hydrogens is 238 g/mol. The van der Waals surface area contributed by atoms with Gasteiger partial charge in [-0.2, -0.15) is 0 Å². The lowest BCUT2D eigenvalue weighted by Crippen LogP contribution is -2.11. The predicted octanol–water partition coefficient (Wildman–Crippen LogP) is 3.00. The van der Waals surface area contributed by atoms with Crippen LogP contribution in [0.2, 0.25) is 0 Å². The second-order valence-electron chi connectivity index (χ2n) is 4.08. The maximum absolute atomic E-state index is 5.61. The lowest BCUT2D eigenvalue weighted by atomic mass is 10.3. The van der Waals surface area contributed by atoms with Crippen molar-refractivity contribution in [1.82, 2.24) is 4.98 Å². The highest BCUT2D eigenvalue weighted by Crippen LogP contribution is 2.12. The zero-order valence-corrected chi connectivity index (χ0v) is 11.1. The van der Waals surface area contributed by atoms with E-state index in [2.05, 4.69) is 22.5 Å². The topological polar surface area (TPSA) is 46.2 Å². The van der Waals surface area contributed by atoms with Crippen LogP contribution < -0.4 is 15.4 Å². The predicted molar refractivity (Wildman–Crippen MR) is 78.8 cm³/mol.